The molecular weight excluding hydrogens is 426 g/mol. The van der Waals surface area contributed by atoms with Crippen LogP contribution in [0.1, 0.15) is 75.0 Å². The third kappa shape index (κ3) is 5.87. The molecule has 3 heteroatoms. The van der Waals surface area contributed by atoms with E-state index in [0.717, 1.165) is 11.5 Å². The molecule has 180 valence electrons. The Morgan fingerprint density at radius 2 is 1.68 bits per heavy atom. The van der Waals surface area contributed by atoms with Gasteiger partial charge in [0.25, 0.3) is 0 Å². The number of hydrogen-bond donors (Lipinski definition) is 0. The van der Waals surface area contributed by atoms with Crippen molar-refractivity contribution in [2.75, 3.05) is 6.61 Å². The fourth-order valence-corrected chi connectivity index (χ4v) is 5.30. The largest absolute Gasteiger partial charge is 0.490 e. The third-order valence-electron chi connectivity index (χ3n) is 7.33. The molecule has 1 aliphatic rings. The van der Waals surface area contributed by atoms with Crippen LogP contribution in [0.4, 0.5) is 8.78 Å². The van der Waals surface area contributed by atoms with Crippen LogP contribution in [0.25, 0.3) is 10.8 Å². The van der Waals surface area contributed by atoms with Gasteiger partial charge in [-0.25, -0.2) is 8.78 Å². The summed E-state index contributed by atoms with van der Waals surface area (Å²) in [6.07, 6.45) is 12.8. The zero-order chi connectivity index (χ0) is 23.9. The average molecular weight is 463 g/mol. The van der Waals surface area contributed by atoms with Gasteiger partial charge in [-0.1, -0.05) is 62.2 Å². The van der Waals surface area contributed by atoms with Gasteiger partial charge in [0.05, 0.1) is 0 Å². The minimum Gasteiger partial charge on any atom is -0.490 e. The van der Waals surface area contributed by atoms with Crippen molar-refractivity contribution in [2.45, 2.75) is 71.1 Å². The number of halogens is 2. The van der Waals surface area contributed by atoms with Gasteiger partial charge >= 0.3 is 0 Å². The first-order chi connectivity index (χ1) is 16.6. The van der Waals surface area contributed by atoms with Crippen molar-refractivity contribution in [3.05, 3.63) is 89.0 Å². The fourth-order valence-electron chi connectivity index (χ4n) is 5.30. The molecule has 1 saturated carbocycles. The summed E-state index contributed by atoms with van der Waals surface area (Å²) in [7, 11) is 0. The van der Waals surface area contributed by atoms with Crippen molar-refractivity contribution >= 4 is 10.8 Å². The summed E-state index contributed by atoms with van der Waals surface area (Å²) < 4.78 is 35.3. The van der Waals surface area contributed by atoms with E-state index in [0.29, 0.717) is 42.1 Å². The van der Waals surface area contributed by atoms with Crippen LogP contribution in [0.3, 0.4) is 0 Å². The molecule has 1 nitrogen and oxygen atoms in total. The number of rotatable bonds is 9. The van der Waals surface area contributed by atoms with Gasteiger partial charge in [-0.2, -0.15) is 0 Å². The minimum absolute atomic E-state index is 0.261. The SMILES string of the molecule is CC=CCOc1ccc2cc(CCc3ccc(C4CCC(CCC)CC4)cc3)c(F)c(F)c2c1. The Morgan fingerprint density at radius 3 is 2.38 bits per heavy atom. The molecule has 3 aromatic carbocycles. The molecule has 0 bridgehead atoms. The molecule has 1 aliphatic carbocycles. The normalized spacial score (nSPS) is 18.6. The highest BCUT2D eigenvalue weighted by molar-refractivity contribution is 5.85. The van der Waals surface area contributed by atoms with E-state index in [4.69, 9.17) is 4.74 Å². The highest BCUT2D eigenvalue weighted by Gasteiger charge is 2.21. The van der Waals surface area contributed by atoms with E-state index in [9.17, 15) is 8.78 Å². The van der Waals surface area contributed by atoms with Crippen LogP contribution in [0.2, 0.25) is 0 Å². The van der Waals surface area contributed by atoms with Crippen molar-refractivity contribution in [1.29, 1.82) is 0 Å². The standard InChI is InChI=1S/C31H36F2O/c1-3-5-19-34-28-18-17-26-20-27(30(32)31(33)29(26)21-28)16-11-23-9-14-25(15-10-23)24-12-7-22(6-4-2)8-13-24/h3,5,9-10,14-15,17-18,20-22,24H,4,6-8,11-13,16,19H2,1-2H3. The van der Waals surface area contributed by atoms with E-state index < -0.39 is 11.6 Å². The second-order valence-corrected chi connectivity index (χ2v) is 9.67. The number of aryl methyl sites for hydroxylation is 2. The molecule has 0 aromatic heterocycles. The van der Waals surface area contributed by atoms with Gasteiger partial charge in [0.2, 0.25) is 0 Å². The number of allylic oxidation sites excluding steroid dienone is 1. The molecule has 34 heavy (non-hydrogen) atoms. The van der Waals surface area contributed by atoms with E-state index in [1.807, 2.05) is 19.1 Å². The Bertz CT molecular complexity index is 1110. The fraction of sp³-hybridized carbons (Fsp3) is 0.419. The van der Waals surface area contributed by atoms with Crippen LogP contribution in [0.5, 0.6) is 5.75 Å². The average Bonchev–Trinajstić information content (AvgIpc) is 2.87. The molecule has 0 unspecified atom stereocenters. The van der Waals surface area contributed by atoms with Gasteiger partial charge in [-0.05, 0) is 97.6 Å². The minimum atomic E-state index is -0.794. The van der Waals surface area contributed by atoms with Crippen LogP contribution < -0.4 is 4.74 Å². The molecule has 0 spiro atoms. The lowest BCUT2D eigenvalue weighted by atomic mass is 9.77. The maximum atomic E-state index is 14.8. The van der Waals surface area contributed by atoms with Crippen LogP contribution >= 0.6 is 0 Å². The summed E-state index contributed by atoms with van der Waals surface area (Å²) in [6.45, 7) is 4.60. The smallest absolute Gasteiger partial charge is 0.167 e. The summed E-state index contributed by atoms with van der Waals surface area (Å²) in [5, 5.41) is 0.957. The van der Waals surface area contributed by atoms with Crippen LogP contribution in [0, 0.1) is 17.6 Å². The first-order valence-electron chi connectivity index (χ1n) is 12.8. The van der Waals surface area contributed by atoms with Crippen molar-refractivity contribution in [3.63, 3.8) is 0 Å². The van der Waals surface area contributed by atoms with E-state index in [1.165, 1.54) is 44.1 Å². The second-order valence-electron chi connectivity index (χ2n) is 9.67. The molecule has 0 saturated heterocycles. The van der Waals surface area contributed by atoms with Crippen molar-refractivity contribution in [2.24, 2.45) is 5.92 Å². The van der Waals surface area contributed by atoms with E-state index in [1.54, 1.807) is 24.3 Å². The van der Waals surface area contributed by atoms with Crippen LogP contribution in [-0.4, -0.2) is 6.61 Å². The maximum Gasteiger partial charge on any atom is 0.167 e. The number of fused-ring (bicyclic) bond motifs is 1. The zero-order valence-corrected chi connectivity index (χ0v) is 20.5. The second kappa shape index (κ2) is 11.6. The first-order valence-corrected chi connectivity index (χ1v) is 12.8. The molecule has 0 N–H and O–H groups in total. The van der Waals surface area contributed by atoms with Gasteiger partial charge < -0.3 is 4.74 Å². The molecule has 0 radical (unpaired) electrons. The molecule has 0 amide bonds. The quantitative estimate of drug-likeness (QED) is 0.288. The maximum absolute atomic E-state index is 14.8. The number of benzene rings is 3. The molecule has 0 heterocycles. The Labute approximate surface area is 202 Å². The van der Waals surface area contributed by atoms with Gasteiger partial charge in [0.1, 0.15) is 12.4 Å². The summed E-state index contributed by atoms with van der Waals surface area (Å²) in [6, 6.07) is 15.8. The molecular formula is C31H36F2O. The predicted octanol–water partition coefficient (Wildman–Crippen LogP) is 8.93. The first kappa shape index (κ1) is 24.4. The molecule has 1 fully saturated rings. The Hall–Kier alpha value is -2.68. The lowest BCUT2D eigenvalue weighted by Gasteiger charge is -2.28. The van der Waals surface area contributed by atoms with Gasteiger partial charge in [0, 0.05) is 5.39 Å². The lowest BCUT2D eigenvalue weighted by Crippen LogP contribution is -2.13. The highest BCUT2D eigenvalue weighted by atomic mass is 19.2. The predicted molar refractivity (Wildman–Crippen MR) is 138 cm³/mol. The third-order valence-corrected chi connectivity index (χ3v) is 7.33. The number of ether oxygens (including phenoxy) is 1. The Kier molecular flexibility index (Phi) is 8.37. The highest BCUT2D eigenvalue weighted by Crippen LogP contribution is 2.37. The molecule has 4 rings (SSSR count). The van der Waals surface area contributed by atoms with Crippen LogP contribution in [-0.2, 0) is 12.8 Å². The van der Waals surface area contributed by atoms with Gasteiger partial charge in [-0.15, -0.1) is 0 Å². The Morgan fingerprint density at radius 1 is 0.912 bits per heavy atom. The van der Waals surface area contributed by atoms with Crippen LogP contribution in [0.15, 0.2) is 60.7 Å². The van der Waals surface area contributed by atoms with Gasteiger partial charge in [0.15, 0.2) is 11.6 Å². The van der Waals surface area contributed by atoms with Crippen molar-refractivity contribution in [1.82, 2.24) is 0 Å². The summed E-state index contributed by atoms with van der Waals surface area (Å²) in [5.41, 5.74) is 3.01. The molecule has 0 aliphatic heterocycles. The van der Waals surface area contributed by atoms with Crippen molar-refractivity contribution in [3.8, 4) is 5.75 Å². The lowest BCUT2D eigenvalue weighted by molar-refractivity contribution is 0.308. The Balaban J connectivity index is 1.40. The topological polar surface area (TPSA) is 9.23 Å². The number of hydrogen-bond acceptors (Lipinski definition) is 1. The van der Waals surface area contributed by atoms with Crippen molar-refractivity contribution < 1.29 is 13.5 Å². The molecule has 0 atom stereocenters. The zero-order valence-electron chi connectivity index (χ0n) is 20.5. The van der Waals surface area contributed by atoms with E-state index in [-0.39, 0.29) is 5.39 Å². The summed E-state index contributed by atoms with van der Waals surface area (Å²) in [4.78, 5) is 0. The van der Waals surface area contributed by atoms with Gasteiger partial charge in [-0.3, -0.25) is 0 Å². The summed E-state index contributed by atoms with van der Waals surface area (Å²) >= 11 is 0. The van der Waals surface area contributed by atoms with E-state index in [2.05, 4.69) is 31.2 Å². The molecule has 3 aromatic rings. The summed E-state index contributed by atoms with van der Waals surface area (Å²) in [5.74, 6) is 0.573. The monoisotopic (exact) mass is 462 g/mol. The van der Waals surface area contributed by atoms with E-state index >= 15 is 0 Å².